The number of nitrogens with two attached hydrogens (primary N) is 1. The monoisotopic (exact) mass is 191 g/mol. The Morgan fingerprint density at radius 1 is 1.43 bits per heavy atom. The molecule has 3 heteroatoms. The van der Waals surface area contributed by atoms with E-state index in [2.05, 4.69) is 10.3 Å². The van der Waals surface area contributed by atoms with Crippen LogP contribution in [-0.2, 0) is 0 Å². The Morgan fingerprint density at radius 2 is 2.29 bits per heavy atom. The predicted molar refractivity (Wildman–Crippen MR) is 58.1 cm³/mol. The second kappa shape index (κ2) is 3.96. The fraction of sp³-hybridized carbons (Fsp3) is 0.545. The molecule has 0 atom stereocenters. The van der Waals surface area contributed by atoms with E-state index >= 15 is 0 Å². The topological polar surface area (TPSA) is 50.9 Å². The van der Waals surface area contributed by atoms with E-state index in [1.54, 1.807) is 0 Å². The quantitative estimate of drug-likeness (QED) is 0.743. The van der Waals surface area contributed by atoms with E-state index in [1.807, 2.05) is 24.4 Å². The Bertz CT molecular complexity index is 280. The SMILES string of the molecule is NCCC1(CNc2ccccn2)CC1. The minimum absolute atomic E-state index is 0.478. The van der Waals surface area contributed by atoms with Crippen LogP contribution < -0.4 is 11.1 Å². The number of rotatable bonds is 5. The van der Waals surface area contributed by atoms with Crippen LogP contribution in [0.3, 0.4) is 0 Å². The molecule has 76 valence electrons. The molecule has 0 aliphatic heterocycles. The van der Waals surface area contributed by atoms with Crippen molar-refractivity contribution in [2.24, 2.45) is 11.1 Å². The fourth-order valence-electron chi connectivity index (χ4n) is 1.74. The minimum Gasteiger partial charge on any atom is -0.370 e. The average molecular weight is 191 g/mol. The molecule has 1 aliphatic carbocycles. The lowest BCUT2D eigenvalue weighted by molar-refractivity contribution is 0.500. The van der Waals surface area contributed by atoms with E-state index in [-0.39, 0.29) is 0 Å². The maximum absolute atomic E-state index is 5.58. The molecule has 3 nitrogen and oxygen atoms in total. The summed E-state index contributed by atoms with van der Waals surface area (Å²) in [6.07, 6.45) is 5.56. The molecule has 1 heterocycles. The summed E-state index contributed by atoms with van der Waals surface area (Å²) >= 11 is 0. The highest BCUT2D eigenvalue weighted by atomic mass is 15.0. The molecule has 1 aliphatic rings. The molecule has 1 fully saturated rings. The average Bonchev–Trinajstić information content (AvgIpc) is 2.98. The van der Waals surface area contributed by atoms with Crippen molar-refractivity contribution >= 4 is 5.82 Å². The largest absolute Gasteiger partial charge is 0.370 e. The zero-order valence-corrected chi connectivity index (χ0v) is 8.37. The molecule has 0 radical (unpaired) electrons. The van der Waals surface area contributed by atoms with Crippen LogP contribution in [0, 0.1) is 5.41 Å². The van der Waals surface area contributed by atoms with Crippen LogP contribution >= 0.6 is 0 Å². The van der Waals surface area contributed by atoms with Gasteiger partial charge in [-0.1, -0.05) is 6.07 Å². The van der Waals surface area contributed by atoms with Crippen molar-refractivity contribution in [3.8, 4) is 0 Å². The van der Waals surface area contributed by atoms with Gasteiger partial charge in [0.25, 0.3) is 0 Å². The number of nitrogens with zero attached hydrogens (tertiary/aromatic N) is 1. The molecule has 1 aromatic rings. The van der Waals surface area contributed by atoms with E-state index < -0.39 is 0 Å². The van der Waals surface area contributed by atoms with Crippen molar-refractivity contribution in [2.75, 3.05) is 18.4 Å². The van der Waals surface area contributed by atoms with Crippen molar-refractivity contribution in [3.63, 3.8) is 0 Å². The molecule has 2 rings (SSSR count). The van der Waals surface area contributed by atoms with Gasteiger partial charge in [0.2, 0.25) is 0 Å². The first-order valence-electron chi connectivity index (χ1n) is 5.20. The normalized spacial score (nSPS) is 17.8. The molecule has 14 heavy (non-hydrogen) atoms. The number of aromatic nitrogens is 1. The summed E-state index contributed by atoms with van der Waals surface area (Å²) in [5, 5.41) is 3.37. The third-order valence-electron chi connectivity index (χ3n) is 2.94. The van der Waals surface area contributed by atoms with Gasteiger partial charge in [-0.15, -0.1) is 0 Å². The van der Waals surface area contributed by atoms with Gasteiger partial charge < -0.3 is 11.1 Å². The Morgan fingerprint density at radius 3 is 2.86 bits per heavy atom. The van der Waals surface area contributed by atoms with Crippen molar-refractivity contribution in [2.45, 2.75) is 19.3 Å². The van der Waals surface area contributed by atoms with Gasteiger partial charge in [0.15, 0.2) is 0 Å². The van der Waals surface area contributed by atoms with E-state index in [4.69, 9.17) is 5.73 Å². The lowest BCUT2D eigenvalue weighted by Crippen LogP contribution is -2.19. The van der Waals surface area contributed by atoms with Crippen molar-refractivity contribution in [1.29, 1.82) is 0 Å². The summed E-state index contributed by atoms with van der Waals surface area (Å²) in [6, 6.07) is 5.92. The first kappa shape index (κ1) is 9.46. The molecular weight excluding hydrogens is 174 g/mol. The van der Waals surface area contributed by atoms with Crippen molar-refractivity contribution in [3.05, 3.63) is 24.4 Å². The van der Waals surface area contributed by atoms with Gasteiger partial charge in [-0.05, 0) is 43.4 Å². The van der Waals surface area contributed by atoms with E-state index in [0.29, 0.717) is 5.41 Å². The molecule has 0 aromatic carbocycles. The Labute approximate surface area is 84.7 Å². The van der Waals surface area contributed by atoms with Gasteiger partial charge in [0.05, 0.1) is 0 Å². The van der Waals surface area contributed by atoms with Gasteiger partial charge in [0.1, 0.15) is 5.82 Å². The predicted octanol–water partition coefficient (Wildman–Crippen LogP) is 1.62. The number of nitrogens with one attached hydrogen (secondary N) is 1. The molecule has 0 amide bonds. The zero-order valence-electron chi connectivity index (χ0n) is 8.37. The van der Waals surface area contributed by atoms with Gasteiger partial charge in [0, 0.05) is 12.7 Å². The number of hydrogen-bond donors (Lipinski definition) is 2. The highest BCUT2D eigenvalue weighted by Crippen LogP contribution is 2.48. The molecule has 0 saturated heterocycles. The molecule has 0 unspecified atom stereocenters. The smallest absolute Gasteiger partial charge is 0.125 e. The summed E-state index contributed by atoms with van der Waals surface area (Å²) in [5.41, 5.74) is 6.06. The highest BCUT2D eigenvalue weighted by Gasteiger charge is 2.41. The summed E-state index contributed by atoms with van der Waals surface area (Å²) < 4.78 is 0. The minimum atomic E-state index is 0.478. The number of pyridine rings is 1. The summed E-state index contributed by atoms with van der Waals surface area (Å²) in [6.45, 7) is 1.81. The van der Waals surface area contributed by atoms with Gasteiger partial charge >= 0.3 is 0 Å². The van der Waals surface area contributed by atoms with Crippen LogP contribution in [0.15, 0.2) is 24.4 Å². The molecule has 0 spiro atoms. The maximum Gasteiger partial charge on any atom is 0.125 e. The van der Waals surface area contributed by atoms with Crippen LogP contribution in [0.2, 0.25) is 0 Å². The van der Waals surface area contributed by atoms with Crippen molar-refractivity contribution in [1.82, 2.24) is 4.98 Å². The maximum atomic E-state index is 5.58. The van der Waals surface area contributed by atoms with Crippen LogP contribution in [0.25, 0.3) is 0 Å². The summed E-state index contributed by atoms with van der Waals surface area (Å²) in [7, 11) is 0. The van der Waals surface area contributed by atoms with E-state index in [9.17, 15) is 0 Å². The van der Waals surface area contributed by atoms with Crippen LogP contribution in [0.5, 0.6) is 0 Å². The fourth-order valence-corrected chi connectivity index (χ4v) is 1.74. The lowest BCUT2D eigenvalue weighted by Gasteiger charge is -2.14. The summed E-state index contributed by atoms with van der Waals surface area (Å²) in [4.78, 5) is 4.23. The van der Waals surface area contributed by atoms with Gasteiger partial charge in [-0.25, -0.2) is 4.98 Å². The second-order valence-corrected chi connectivity index (χ2v) is 4.11. The molecule has 1 saturated carbocycles. The van der Waals surface area contributed by atoms with Crippen molar-refractivity contribution < 1.29 is 0 Å². The van der Waals surface area contributed by atoms with Gasteiger partial charge in [-0.3, -0.25) is 0 Å². The highest BCUT2D eigenvalue weighted by molar-refractivity contribution is 5.33. The van der Waals surface area contributed by atoms with Crippen LogP contribution in [0.1, 0.15) is 19.3 Å². The summed E-state index contributed by atoms with van der Waals surface area (Å²) in [5.74, 6) is 0.968. The standard InChI is InChI=1S/C11H17N3/c12-7-6-11(4-5-11)9-14-10-3-1-2-8-13-10/h1-3,8H,4-7,9,12H2,(H,13,14). The Kier molecular flexibility index (Phi) is 2.68. The van der Waals surface area contributed by atoms with Crippen LogP contribution in [-0.4, -0.2) is 18.1 Å². The molecular formula is C11H17N3. The van der Waals surface area contributed by atoms with Gasteiger partial charge in [-0.2, -0.15) is 0 Å². The molecule has 0 bridgehead atoms. The second-order valence-electron chi connectivity index (χ2n) is 4.11. The Balaban J connectivity index is 1.83. The third-order valence-corrected chi connectivity index (χ3v) is 2.94. The molecule has 1 aromatic heterocycles. The first-order chi connectivity index (χ1) is 6.85. The lowest BCUT2D eigenvalue weighted by atomic mass is 10.0. The van der Waals surface area contributed by atoms with Crippen LogP contribution in [0.4, 0.5) is 5.82 Å². The zero-order chi connectivity index (χ0) is 9.86. The van der Waals surface area contributed by atoms with E-state index in [1.165, 1.54) is 12.8 Å². The first-order valence-corrected chi connectivity index (χ1v) is 5.20. The number of hydrogen-bond acceptors (Lipinski definition) is 3. The Hall–Kier alpha value is -1.09. The van der Waals surface area contributed by atoms with E-state index in [0.717, 1.165) is 25.3 Å². The molecule has 3 N–H and O–H groups in total. The number of anilines is 1. The third kappa shape index (κ3) is 2.23.